The summed E-state index contributed by atoms with van der Waals surface area (Å²) in [5.41, 5.74) is 16.9. The van der Waals surface area contributed by atoms with Gasteiger partial charge < -0.3 is 51.3 Å². The maximum absolute atomic E-state index is 8.76. The summed E-state index contributed by atoms with van der Waals surface area (Å²) in [7, 11) is 14.6. The van der Waals surface area contributed by atoms with E-state index < -0.39 is 7.12 Å². The molecule has 0 aliphatic carbocycles. The van der Waals surface area contributed by atoms with Crippen LogP contribution in [0.3, 0.4) is 0 Å². The minimum atomic E-state index is -1.44. The van der Waals surface area contributed by atoms with E-state index in [1.807, 2.05) is 99.6 Å². The third-order valence-electron chi connectivity index (χ3n) is 14.7. The van der Waals surface area contributed by atoms with Gasteiger partial charge in [-0.2, -0.15) is 0 Å². The number of likely N-dealkylation sites (N-methyl/N-ethyl adjacent to an activating group) is 2. The zero-order valence-electron chi connectivity index (χ0n) is 53.9. The number of rotatable bonds is 10. The van der Waals surface area contributed by atoms with Crippen LogP contribution < -0.4 is 41.0 Å². The molecule has 4 saturated heterocycles. The summed E-state index contributed by atoms with van der Waals surface area (Å²) in [6.45, 7) is 9.00. The van der Waals surface area contributed by atoms with E-state index in [2.05, 4.69) is 123 Å². The van der Waals surface area contributed by atoms with Crippen molar-refractivity contribution in [3.05, 3.63) is 155 Å². The van der Waals surface area contributed by atoms with Crippen molar-refractivity contribution in [2.24, 2.45) is 0 Å². The molecule has 466 valence electrons. The second-order valence-electron chi connectivity index (χ2n) is 21.4. The fourth-order valence-corrected chi connectivity index (χ4v) is 10.8. The fraction of sp³-hybridized carbons (Fsp3) is 0.371. The Morgan fingerprint density at radius 1 is 0.545 bits per heavy atom. The first-order chi connectivity index (χ1) is 39.7. The monoisotopic (exact) mass is 1410 g/mol. The number of nitrogen functional groups attached to an aromatic ring is 1. The van der Waals surface area contributed by atoms with Crippen LogP contribution in [-0.4, -0.2) is 265 Å². The molecule has 4 atom stereocenters. The fourth-order valence-electron chi connectivity index (χ4n) is 10.3. The van der Waals surface area contributed by atoms with Crippen molar-refractivity contribution in [3.63, 3.8) is 0 Å². The van der Waals surface area contributed by atoms with Gasteiger partial charge in [0, 0.05) is 169 Å². The van der Waals surface area contributed by atoms with Gasteiger partial charge in [-0.15, -0.1) is 0 Å². The number of anilines is 8. The van der Waals surface area contributed by atoms with Gasteiger partial charge in [0.15, 0.2) is 0 Å². The summed E-state index contributed by atoms with van der Waals surface area (Å²) in [6, 6.07) is 32.2. The Bertz CT molecular complexity index is 3380. The van der Waals surface area contributed by atoms with Crippen LogP contribution in [0.15, 0.2) is 128 Å². The van der Waals surface area contributed by atoms with Crippen molar-refractivity contribution in [3.8, 4) is 22.5 Å². The van der Waals surface area contributed by atoms with Crippen LogP contribution in [0.1, 0.15) is 52.0 Å². The third kappa shape index (κ3) is 21.2. The molecule has 0 radical (unpaired) electrons. The van der Waals surface area contributed by atoms with Gasteiger partial charge in [0.1, 0.15) is 22.6 Å². The Labute approximate surface area is 612 Å². The van der Waals surface area contributed by atoms with Crippen molar-refractivity contribution in [1.82, 2.24) is 54.7 Å². The number of pyridine rings is 3. The second-order valence-corrected chi connectivity index (χ2v) is 22.4. The maximum Gasteiger partial charge on any atom is 2.00 e. The predicted molar refractivity (Wildman–Crippen MR) is 375 cm³/mol. The summed E-state index contributed by atoms with van der Waals surface area (Å²) >= 11 is 16.5. The van der Waals surface area contributed by atoms with Crippen LogP contribution in [0, 0.1) is 13.8 Å². The molecule has 20 nitrogen and oxygen atoms in total. The van der Waals surface area contributed by atoms with E-state index in [-0.39, 0.29) is 125 Å². The molecule has 4 unspecified atom stereocenters. The smallest absolute Gasteiger partial charge is 1.00 e. The van der Waals surface area contributed by atoms with Gasteiger partial charge in [0.2, 0.25) is 16.5 Å². The van der Waals surface area contributed by atoms with Gasteiger partial charge in [-0.3, -0.25) is 9.80 Å². The van der Waals surface area contributed by atoms with Crippen LogP contribution in [0.4, 0.5) is 46.2 Å². The van der Waals surface area contributed by atoms with Crippen molar-refractivity contribution in [1.29, 1.82) is 0 Å². The Balaban J connectivity index is 0. The minimum absolute atomic E-state index is 0. The summed E-state index contributed by atoms with van der Waals surface area (Å²) in [4.78, 5) is 52.9. The molecular formula is C62H88BBaCaCl3N18O2. The first kappa shape index (κ1) is 77.6. The average Bonchev–Trinajstić information content (AvgIpc) is 1.67. The number of aromatic nitrogens is 9. The molecule has 10 heterocycles. The van der Waals surface area contributed by atoms with Gasteiger partial charge in [0.05, 0.1) is 11.4 Å². The number of hydrogen-bond acceptors (Lipinski definition) is 20. The zero-order chi connectivity index (χ0) is 59.5. The molecule has 88 heavy (non-hydrogen) atoms. The minimum Gasteiger partial charge on any atom is -1.00 e. The van der Waals surface area contributed by atoms with Crippen LogP contribution >= 0.6 is 34.8 Å². The average molecular weight is 1410 g/mol. The number of piperazine rings is 2. The molecule has 4 aliphatic heterocycles. The SMILES string of the molecule is C.C.C.CN(C)c1ccc(-c2ccnc(Cl)n2)cn1.CN(C)c1ccc(B(O)O)cn1.Cc1cc(N)ccc1N1CC2CC1CN2C.Cc1cc(Nc2nccc(-c3ccc(N(C)C)nc3)n2)ccc1N1CC2CC1CN2C.Clc1ccnc(Cl)n1.[Ba+2].[Ca+2].[H-].[H-].[H-].[H-]. The van der Waals surface area contributed by atoms with E-state index >= 15 is 0 Å². The second kappa shape index (κ2) is 36.4. The molecule has 4 fully saturated rings. The molecule has 6 aromatic heterocycles. The number of fused-ring (bicyclic) bond motifs is 4. The number of nitrogens with two attached hydrogens (primary N) is 1. The predicted octanol–water partition coefficient (Wildman–Crippen LogP) is 9.48. The quantitative estimate of drug-likeness (QED) is 0.0434. The number of nitrogens with one attached hydrogen (secondary N) is 1. The van der Waals surface area contributed by atoms with E-state index in [1.54, 1.807) is 42.9 Å². The topological polar surface area (TPSA) is 217 Å². The first-order valence-electron chi connectivity index (χ1n) is 27.1. The van der Waals surface area contributed by atoms with Gasteiger partial charge in [-0.25, -0.2) is 44.9 Å². The number of nitrogens with zero attached hydrogens (tertiary/aromatic N) is 16. The van der Waals surface area contributed by atoms with E-state index in [9.17, 15) is 0 Å². The summed E-state index contributed by atoms with van der Waals surface area (Å²) in [5, 5.41) is 21.7. The molecule has 12 rings (SSSR count). The Kier molecular flexibility index (Phi) is 32.1. The van der Waals surface area contributed by atoms with E-state index in [1.165, 1.54) is 60.8 Å². The van der Waals surface area contributed by atoms with E-state index in [0.717, 1.165) is 70.5 Å². The summed E-state index contributed by atoms with van der Waals surface area (Å²) in [5.74, 6) is 3.20. The molecule has 2 aromatic carbocycles. The maximum atomic E-state index is 8.76. The zero-order valence-corrected chi connectivity index (χ0v) is 58.8. The van der Waals surface area contributed by atoms with Crippen LogP contribution in [0.2, 0.25) is 15.7 Å². The molecule has 0 amide bonds. The Morgan fingerprint density at radius 2 is 1.00 bits per heavy atom. The Hall–Kier alpha value is -4.66. The van der Waals surface area contributed by atoms with E-state index in [0.29, 0.717) is 34.7 Å². The molecule has 26 heteroatoms. The summed E-state index contributed by atoms with van der Waals surface area (Å²) in [6.07, 6.45) is 12.6. The van der Waals surface area contributed by atoms with Crippen molar-refractivity contribution in [2.75, 3.05) is 118 Å². The Morgan fingerprint density at radius 3 is 1.38 bits per heavy atom. The number of halogens is 3. The van der Waals surface area contributed by atoms with E-state index in [4.69, 9.17) is 55.6 Å². The normalized spacial score (nSPS) is 16.4. The van der Waals surface area contributed by atoms with Crippen LogP contribution in [0.25, 0.3) is 22.5 Å². The van der Waals surface area contributed by atoms with Crippen molar-refractivity contribution >= 4 is 180 Å². The first-order valence-corrected chi connectivity index (χ1v) is 28.2. The molecule has 4 bridgehead atoms. The largest absolute Gasteiger partial charge is 2.00 e. The standard InChI is InChI=1S/C24H29N7.C13H19N3.C11H11ClN4.C7H11BN2O2.C4H2Cl2N2.3CH4.Ba.Ca.4H/c1-16-11-18(6-7-22(16)31-15-19-12-20(31)14-30(19)4)27-24-25-10-9-21(28-24)17-5-8-23(26-13-17)29(2)3;1-9-5-10(14)3-4-13(9)16-8-11-6-12(16)7-15(11)2;1-16(2)10-4-3-8(7-14-10)9-5-6-13-11(12)15-9;1-10(2)7-4-3-6(5-9-7)8(11)12;5-3-1-2-7-4(6)8-3;;;;;;;;;/h5-11,13,19-20H,12,14-15H2,1-4H3,(H,25,27,28);3-5,11-12H,6-8,14H2,1-2H3;3-7H,1-2H3;3-5,11-12H,1-2H3;1-2H;3*1H4;;;;;;/q;;;;;;;;2*+2;4*-1. The summed E-state index contributed by atoms with van der Waals surface area (Å²) < 4.78 is 0. The molecule has 5 N–H and O–H groups in total. The van der Waals surface area contributed by atoms with Gasteiger partial charge in [0.25, 0.3) is 0 Å². The van der Waals surface area contributed by atoms with Gasteiger partial charge in [-0.1, -0.05) is 39.9 Å². The molecule has 8 aromatic rings. The molecular weight excluding hydrogens is 1320 g/mol. The number of likely N-dealkylation sites (tertiary alicyclic amines) is 2. The molecule has 4 aliphatic rings. The van der Waals surface area contributed by atoms with Crippen molar-refractivity contribution < 1.29 is 15.8 Å². The molecule has 0 saturated carbocycles. The van der Waals surface area contributed by atoms with Crippen LogP contribution in [-0.2, 0) is 0 Å². The van der Waals surface area contributed by atoms with Crippen molar-refractivity contribution in [2.45, 2.75) is 73.1 Å². The molecule has 0 spiro atoms. The third-order valence-corrected chi connectivity index (χ3v) is 15.3. The van der Waals surface area contributed by atoms with Gasteiger partial charge in [-0.05, 0) is 160 Å². The number of benzene rings is 2. The van der Waals surface area contributed by atoms with Crippen LogP contribution in [0.5, 0.6) is 0 Å². The number of aryl methyl sites for hydroxylation is 2. The number of hydrogen-bond donors (Lipinski definition) is 4. The van der Waals surface area contributed by atoms with Gasteiger partial charge >= 0.3 is 93.7 Å².